The van der Waals surface area contributed by atoms with Crippen LogP contribution < -0.4 is 5.32 Å². The number of carboxylic acids is 1. The van der Waals surface area contributed by atoms with Crippen molar-refractivity contribution in [2.75, 3.05) is 11.1 Å². The summed E-state index contributed by atoms with van der Waals surface area (Å²) in [4.78, 5) is 22.5. The van der Waals surface area contributed by atoms with Gasteiger partial charge in [0.25, 0.3) is 0 Å². The highest BCUT2D eigenvalue weighted by Crippen LogP contribution is 2.24. The molecular formula is C14H12ClNO4S. The first kappa shape index (κ1) is 15.5. The second-order valence-corrected chi connectivity index (χ2v) is 5.56. The number of furan rings is 1. The molecule has 0 aliphatic carbocycles. The fourth-order valence-electron chi connectivity index (χ4n) is 1.58. The van der Waals surface area contributed by atoms with Crippen LogP contribution in [0.1, 0.15) is 16.1 Å². The molecule has 1 heterocycles. The third kappa shape index (κ3) is 4.03. The zero-order valence-corrected chi connectivity index (χ0v) is 12.6. The average molecular weight is 326 g/mol. The molecule has 1 aromatic carbocycles. The van der Waals surface area contributed by atoms with E-state index in [9.17, 15) is 9.59 Å². The first-order valence-electron chi connectivity index (χ1n) is 5.98. The number of carbonyl (C=O) groups excluding carboxylic acids is 1. The van der Waals surface area contributed by atoms with Crippen molar-refractivity contribution in [2.45, 2.75) is 12.0 Å². The van der Waals surface area contributed by atoms with Crippen LogP contribution in [-0.4, -0.2) is 22.7 Å². The van der Waals surface area contributed by atoms with E-state index in [-0.39, 0.29) is 17.4 Å². The summed E-state index contributed by atoms with van der Waals surface area (Å²) in [5.41, 5.74) is 1.45. The van der Waals surface area contributed by atoms with Crippen LogP contribution in [0.3, 0.4) is 0 Å². The summed E-state index contributed by atoms with van der Waals surface area (Å²) in [6, 6.07) is 8.14. The van der Waals surface area contributed by atoms with Crippen molar-refractivity contribution in [3.63, 3.8) is 0 Å². The van der Waals surface area contributed by atoms with Crippen LogP contribution in [0.5, 0.6) is 0 Å². The molecule has 0 spiro atoms. The van der Waals surface area contributed by atoms with Gasteiger partial charge in [-0.3, -0.25) is 4.79 Å². The molecule has 5 nitrogen and oxygen atoms in total. The second kappa shape index (κ2) is 6.69. The van der Waals surface area contributed by atoms with Gasteiger partial charge < -0.3 is 14.8 Å². The van der Waals surface area contributed by atoms with E-state index in [4.69, 9.17) is 21.1 Å². The minimum absolute atomic E-state index is 0.110. The Kier molecular flexibility index (Phi) is 4.93. The van der Waals surface area contributed by atoms with Gasteiger partial charge in [-0.25, -0.2) is 4.79 Å². The SMILES string of the molecule is Cc1c(Cl)cccc1NC(=O)CSc1ccc(C(=O)O)o1. The van der Waals surface area contributed by atoms with Crippen molar-refractivity contribution in [3.05, 3.63) is 46.7 Å². The molecule has 1 amide bonds. The first-order chi connectivity index (χ1) is 9.97. The van der Waals surface area contributed by atoms with Crippen molar-refractivity contribution in [3.8, 4) is 0 Å². The van der Waals surface area contributed by atoms with Gasteiger partial charge in [0.05, 0.1) is 5.75 Å². The Bertz CT molecular complexity index is 683. The van der Waals surface area contributed by atoms with E-state index in [0.29, 0.717) is 15.8 Å². The highest BCUT2D eigenvalue weighted by atomic mass is 35.5. The van der Waals surface area contributed by atoms with Crippen molar-refractivity contribution in [1.29, 1.82) is 0 Å². The van der Waals surface area contributed by atoms with Gasteiger partial charge in [-0.05, 0) is 36.8 Å². The number of rotatable bonds is 5. The number of nitrogens with one attached hydrogen (secondary N) is 1. The fraction of sp³-hybridized carbons (Fsp3) is 0.143. The summed E-state index contributed by atoms with van der Waals surface area (Å²) in [5.74, 6) is -1.40. The molecule has 0 saturated carbocycles. The number of thioether (sulfide) groups is 1. The van der Waals surface area contributed by atoms with Crippen molar-refractivity contribution in [2.24, 2.45) is 0 Å². The molecule has 7 heteroatoms. The lowest BCUT2D eigenvalue weighted by Crippen LogP contribution is -2.14. The summed E-state index contributed by atoms with van der Waals surface area (Å²) >= 11 is 7.10. The topological polar surface area (TPSA) is 79.5 Å². The van der Waals surface area contributed by atoms with Gasteiger partial charge in [-0.2, -0.15) is 0 Å². The maximum atomic E-state index is 11.9. The predicted molar refractivity (Wildman–Crippen MR) is 81.2 cm³/mol. The maximum Gasteiger partial charge on any atom is 0.371 e. The van der Waals surface area contributed by atoms with Gasteiger partial charge in [-0.15, -0.1) is 0 Å². The molecule has 0 radical (unpaired) electrons. The number of benzene rings is 1. The molecule has 0 aliphatic rings. The Balaban J connectivity index is 1.92. The lowest BCUT2D eigenvalue weighted by Gasteiger charge is -2.08. The van der Waals surface area contributed by atoms with E-state index in [1.807, 2.05) is 6.92 Å². The zero-order chi connectivity index (χ0) is 15.4. The highest BCUT2D eigenvalue weighted by Gasteiger charge is 2.12. The van der Waals surface area contributed by atoms with Gasteiger partial charge >= 0.3 is 5.97 Å². The van der Waals surface area contributed by atoms with Crippen LogP contribution in [0.25, 0.3) is 0 Å². The molecule has 0 unspecified atom stereocenters. The summed E-state index contributed by atoms with van der Waals surface area (Å²) in [6.07, 6.45) is 0. The van der Waals surface area contributed by atoms with E-state index in [1.165, 1.54) is 12.1 Å². The van der Waals surface area contributed by atoms with E-state index in [2.05, 4.69) is 5.32 Å². The normalized spacial score (nSPS) is 10.4. The van der Waals surface area contributed by atoms with Crippen LogP contribution in [-0.2, 0) is 4.79 Å². The van der Waals surface area contributed by atoms with E-state index >= 15 is 0 Å². The molecule has 21 heavy (non-hydrogen) atoms. The van der Waals surface area contributed by atoms with Crippen LogP contribution >= 0.6 is 23.4 Å². The number of carbonyl (C=O) groups is 2. The van der Waals surface area contributed by atoms with Gasteiger partial charge in [0.1, 0.15) is 0 Å². The molecule has 0 bridgehead atoms. The van der Waals surface area contributed by atoms with Crippen LogP contribution in [0.2, 0.25) is 5.02 Å². The standard InChI is InChI=1S/C14H12ClNO4S/c1-8-9(15)3-2-4-10(8)16-12(17)7-21-13-6-5-11(20-13)14(18)19/h2-6H,7H2,1H3,(H,16,17)(H,18,19). The van der Waals surface area contributed by atoms with Crippen molar-refractivity contribution >= 4 is 40.9 Å². The highest BCUT2D eigenvalue weighted by molar-refractivity contribution is 7.99. The smallest absolute Gasteiger partial charge is 0.371 e. The summed E-state index contributed by atoms with van der Waals surface area (Å²) in [5, 5.41) is 12.4. The molecule has 2 rings (SSSR count). The van der Waals surface area contributed by atoms with Gasteiger partial charge in [0.2, 0.25) is 11.7 Å². The predicted octanol–water partition coefficient (Wildman–Crippen LogP) is 3.67. The number of carboxylic acid groups (broad SMARTS) is 1. The Morgan fingerprint density at radius 1 is 1.33 bits per heavy atom. The average Bonchev–Trinajstić information content (AvgIpc) is 2.91. The number of halogens is 1. The Morgan fingerprint density at radius 2 is 2.10 bits per heavy atom. The summed E-state index contributed by atoms with van der Waals surface area (Å²) in [6.45, 7) is 1.82. The Morgan fingerprint density at radius 3 is 2.76 bits per heavy atom. The number of aromatic carboxylic acids is 1. The third-order valence-corrected chi connectivity index (χ3v) is 4.00. The Hall–Kier alpha value is -1.92. The van der Waals surface area contributed by atoms with Gasteiger partial charge in [0.15, 0.2) is 5.09 Å². The minimum Gasteiger partial charge on any atom is -0.475 e. The van der Waals surface area contributed by atoms with Gasteiger partial charge in [-0.1, -0.05) is 29.4 Å². The fourth-order valence-corrected chi connectivity index (χ4v) is 2.41. The quantitative estimate of drug-likeness (QED) is 0.820. The van der Waals surface area contributed by atoms with E-state index < -0.39 is 5.97 Å². The molecule has 0 aliphatic heterocycles. The van der Waals surface area contributed by atoms with Crippen LogP contribution in [0.15, 0.2) is 39.8 Å². The molecule has 2 N–H and O–H groups in total. The molecule has 2 aromatic rings. The monoisotopic (exact) mass is 325 g/mol. The molecular weight excluding hydrogens is 314 g/mol. The number of hydrogen-bond acceptors (Lipinski definition) is 4. The van der Waals surface area contributed by atoms with E-state index in [1.54, 1.807) is 18.2 Å². The lowest BCUT2D eigenvalue weighted by atomic mass is 10.2. The minimum atomic E-state index is -1.14. The maximum absolute atomic E-state index is 11.9. The lowest BCUT2D eigenvalue weighted by molar-refractivity contribution is -0.113. The number of hydrogen-bond donors (Lipinski definition) is 2. The van der Waals surface area contributed by atoms with Crippen LogP contribution in [0.4, 0.5) is 5.69 Å². The zero-order valence-electron chi connectivity index (χ0n) is 11.1. The number of amides is 1. The van der Waals surface area contributed by atoms with E-state index in [0.717, 1.165) is 17.3 Å². The summed E-state index contributed by atoms with van der Waals surface area (Å²) < 4.78 is 5.05. The molecule has 110 valence electrons. The Labute approximate surface area is 130 Å². The molecule has 0 atom stereocenters. The molecule has 1 aromatic heterocycles. The van der Waals surface area contributed by atoms with Crippen molar-refractivity contribution < 1.29 is 19.1 Å². The number of anilines is 1. The first-order valence-corrected chi connectivity index (χ1v) is 7.34. The third-order valence-electron chi connectivity index (χ3n) is 2.68. The largest absolute Gasteiger partial charge is 0.475 e. The van der Waals surface area contributed by atoms with Gasteiger partial charge in [0, 0.05) is 10.7 Å². The van der Waals surface area contributed by atoms with Crippen molar-refractivity contribution in [1.82, 2.24) is 0 Å². The second-order valence-electron chi connectivity index (χ2n) is 4.17. The summed E-state index contributed by atoms with van der Waals surface area (Å²) in [7, 11) is 0. The molecule has 0 fully saturated rings. The molecule has 0 saturated heterocycles. The van der Waals surface area contributed by atoms with Crippen LogP contribution in [0, 0.1) is 6.92 Å².